The molecule has 0 bridgehead atoms. The van der Waals surface area contributed by atoms with Crippen molar-refractivity contribution in [2.24, 2.45) is 5.41 Å². The first-order valence-electron chi connectivity index (χ1n) is 4.15. The molecule has 1 fully saturated rings. The first-order valence-corrected chi connectivity index (χ1v) is 4.15. The third-order valence-electron chi connectivity index (χ3n) is 3.12. The largest absolute Gasteiger partial charge is 0.391 e. The van der Waals surface area contributed by atoms with Gasteiger partial charge in [0.05, 0.1) is 17.8 Å². The van der Waals surface area contributed by atoms with Crippen LogP contribution in [0.1, 0.15) is 34.6 Å². The lowest BCUT2D eigenvalue weighted by molar-refractivity contribution is -0.313. The molecule has 0 saturated carbocycles. The number of hydrogen-bond donors (Lipinski definition) is 1. The fourth-order valence-corrected chi connectivity index (χ4v) is 1.60. The van der Waals surface area contributed by atoms with Crippen molar-refractivity contribution in [1.82, 2.24) is 0 Å². The molecule has 1 saturated heterocycles. The third kappa shape index (κ3) is 1.09. The van der Waals surface area contributed by atoms with E-state index in [1.807, 2.05) is 0 Å². The standard InChI is InChI=1S/C9H18O2/c1-6(10)7-8(2,3)9(4,5)11-7/h6-7,10H,1-5H3/t6-,7-/m0/s1. The van der Waals surface area contributed by atoms with E-state index in [-0.39, 0.29) is 23.2 Å². The summed E-state index contributed by atoms with van der Waals surface area (Å²) in [6.07, 6.45) is -0.365. The van der Waals surface area contributed by atoms with Gasteiger partial charge in [-0.3, -0.25) is 0 Å². The molecule has 0 aromatic rings. The Hall–Kier alpha value is -0.0800. The molecule has 66 valence electrons. The number of rotatable bonds is 1. The van der Waals surface area contributed by atoms with Crippen molar-refractivity contribution in [3.05, 3.63) is 0 Å². The Morgan fingerprint density at radius 2 is 1.73 bits per heavy atom. The van der Waals surface area contributed by atoms with Crippen LogP contribution < -0.4 is 0 Å². The highest BCUT2D eigenvalue weighted by Crippen LogP contribution is 2.50. The molecular formula is C9H18O2. The Kier molecular flexibility index (Phi) is 1.81. The summed E-state index contributed by atoms with van der Waals surface area (Å²) in [5.41, 5.74) is -0.00414. The van der Waals surface area contributed by atoms with Gasteiger partial charge in [0.15, 0.2) is 0 Å². The fourth-order valence-electron chi connectivity index (χ4n) is 1.60. The number of aliphatic hydroxyl groups excluding tert-OH is 1. The average molecular weight is 158 g/mol. The van der Waals surface area contributed by atoms with Gasteiger partial charge in [0, 0.05) is 5.41 Å². The Morgan fingerprint density at radius 1 is 1.27 bits per heavy atom. The van der Waals surface area contributed by atoms with Crippen LogP contribution in [0, 0.1) is 5.41 Å². The molecule has 1 N–H and O–H groups in total. The predicted octanol–water partition coefficient (Wildman–Crippen LogP) is 1.57. The minimum absolute atomic E-state index is 0.00231. The second-order valence-corrected chi connectivity index (χ2v) is 4.51. The molecule has 2 atom stereocenters. The van der Waals surface area contributed by atoms with E-state index in [1.54, 1.807) is 6.92 Å². The molecule has 0 aliphatic carbocycles. The van der Waals surface area contributed by atoms with Crippen LogP contribution in [0.2, 0.25) is 0 Å². The Labute approximate surface area is 68.6 Å². The molecule has 2 nitrogen and oxygen atoms in total. The van der Waals surface area contributed by atoms with Gasteiger partial charge < -0.3 is 9.84 Å². The highest BCUT2D eigenvalue weighted by molar-refractivity contribution is 5.04. The maximum atomic E-state index is 9.31. The molecule has 0 radical (unpaired) electrons. The predicted molar refractivity (Wildman–Crippen MR) is 44.4 cm³/mol. The summed E-state index contributed by atoms with van der Waals surface area (Å²) in [6.45, 7) is 10.2. The van der Waals surface area contributed by atoms with E-state index < -0.39 is 0 Å². The maximum Gasteiger partial charge on any atom is 0.0916 e. The lowest BCUT2D eigenvalue weighted by atomic mass is 9.65. The van der Waals surface area contributed by atoms with Gasteiger partial charge in [-0.1, -0.05) is 13.8 Å². The Morgan fingerprint density at radius 3 is 1.82 bits per heavy atom. The zero-order valence-electron chi connectivity index (χ0n) is 8.01. The third-order valence-corrected chi connectivity index (χ3v) is 3.12. The molecule has 1 aliphatic rings. The van der Waals surface area contributed by atoms with E-state index in [1.165, 1.54) is 0 Å². The summed E-state index contributed by atoms with van der Waals surface area (Å²) in [6, 6.07) is 0. The van der Waals surface area contributed by atoms with Crippen molar-refractivity contribution in [2.45, 2.75) is 52.4 Å². The number of aliphatic hydroxyl groups is 1. The molecule has 0 spiro atoms. The molecule has 1 heterocycles. The van der Waals surface area contributed by atoms with E-state index in [2.05, 4.69) is 27.7 Å². The molecule has 1 aliphatic heterocycles. The van der Waals surface area contributed by atoms with Gasteiger partial charge in [-0.2, -0.15) is 0 Å². The molecule has 0 aromatic carbocycles. The molecule has 0 aromatic heterocycles. The topological polar surface area (TPSA) is 29.5 Å². The van der Waals surface area contributed by atoms with Crippen molar-refractivity contribution < 1.29 is 9.84 Å². The van der Waals surface area contributed by atoms with Crippen LogP contribution in [0.3, 0.4) is 0 Å². The van der Waals surface area contributed by atoms with Gasteiger partial charge in [0.25, 0.3) is 0 Å². The van der Waals surface area contributed by atoms with E-state index in [9.17, 15) is 5.11 Å². The minimum Gasteiger partial charge on any atom is -0.391 e. The quantitative estimate of drug-likeness (QED) is 0.627. The zero-order chi connectivity index (χ0) is 8.86. The Bertz CT molecular complexity index is 159. The van der Waals surface area contributed by atoms with Crippen LogP contribution in [0.4, 0.5) is 0 Å². The van der Waals surface area contributed by atoms with Crippen LogP contribution in [0.15, 0.2) is 0 Å². The fraction of sp³-hybridized carbons (Fsp3) is 1.00. The second kappa shape index (κ2) is 2.20. The van der Waals surface area contributed by atoms with Crippen molar-refractivity contribution in [3.63, 3.8) is 0 Å². The van der Waals surface area contributed by atoms with Crippen LogP contribution in [-0.2, 0) is 4.74 Å². The molecule has 0 unspecified atom stereocenters. The number of hydrogen-bond acceptors (Lipinski definition) is 2. The summed E-state index contributed by atoms with van der Waals surface area (Å²) >= 11 is 0. The average Bonchev–Trinajstić information content (AvgIpc) is 1.82. The maximum absolute atomic E-state index is 9.31. The summed E-state index contributed by atoms with van der Waals surface area (Å²) in [5, 5.41) is 9.31. The molecule has 1 rings (SSSR count). The van der Waals surface area contributed by atoms with Crippen LogP contribution in [0.25, 0.3) is 0 Å². The van der Waals surface area contributed by atoms with Gasteiger partial charge in [-0.05, 0) is 20.8 Å². The summed E-state index contributed by atoms with van der Waals surface area (Å²) in [4.78, 5) is 0. The first kappa shape index (κ1) is 9.01. The monoisotopic (exact) mass is 158 g/mol. The molecular weight excluding hydrogens is 140 g/mol. The second-order valence-electron chi connectivity index (χ2n) is 4.51. The minimum atomic E-state index is -0.363. The highest BCUT2D eigenvalue weighted by atomic mass is 16.6. The van der Waals surface area contributed by atoms with E-state index in [0.717, 1.165) is 0 Å². The van der Waals surface area contributed by atoms with Crippen LogP contribution in [-0.4, -0.2) is 22.9 Å². The van der Waals surface area contributed by atoms with Gasteiger partial charge in [-0.15, -0.1) is 0 Å². The van der Waals surface area contributed by atoms with Crippen molar-refractivity contribution >= 4 is 0 Å². The summed E-state index contributed by atoms with van der Waals surface area (Å²) in [7, 11) is 0. The SMILES string of the molecule is C[C@H](O)[C@@H]1OC(C)(C)C1(C)C. The molecule has 2 heteroatoms. The van der Waals surface area contributed by atoms with Crippen molar-refractivity contribution in [3.8, 4) is 0 Å². The van der Waals surface area contributed by atoms with Crippen molar-refractivity contribution in [2.75, 3.05) is 0 Å². The number of ether oxygens (including phenoxy) is 1. The zero-order valence-corrected chi connectivity index (χ0v) is 8.01. The van der Waals surface area contributed by atoms with E-state index in [4.69, 9.17) is 4.74 Å². The van der Waals surface area contributed by atoms with Crippen LogP contribution >= 0.6 is 0 Å². The van der Waals surface area contributed by atoms with E-state index >= 15 is 0 Å². The highest BCUT2D eigenvalue weighted by Gasteiger charge is 2.57. The van der Waals surface area contributed by atoms with E-state index in [0.29, 0.717) is 0 Å². The lowest BCUT2D eigenvalue weighted by Crippen LogP contribution is -2.66. The van der Waals surface area contributed by atoms with Gasteiger partial charge in [-0.25, -0.2) is 0 Å². The normalized spacial score (nSPS) is 36.0. The Balaban J connectivity index is 2.69. The van der Waals surface area contributed by atoms with Crippen LogP contribution in [0.5, 0.6) is 0 Å². The van der Waals surface area contributed by atoms with Crippen molar-refractivity contribution in [1.29, 1.82) is 0 Å². The van der Waals surface area contributed by atoms with Gasteiger partial charge >= 0.3 is 0 Å². The summed E-state index contributed by atoms with van der Waals surface area (Å²) < 4.78 is 5.55. The smallest absolute Gasteiger partial charge is 0.0916 e. The van der Waals surface area contributed by atoms with Gasteiger partial charge in [0.2, 0.25) is 0 Å². The first-order chi connectivity index (χ1) is 4.79. The summed E-state index contributed by atoms with van der Waals surface area (Å²) in [5.74, 6) is 0. The molecule has 0 amide bonds. The lowest BCUT2D eigenvalue weighted by Gasteiger charge is -2.59. The van der Waals surface area contributed by atoms with Gasteiger partial charge in [0.1, 0.15) is 0 Å². The molecule has 11 heavy (non-hydrogen) atoms.